The molecule has 14 rings (SSSR count). The lowest BCUT2D eigenvalue weighted by molar-refractivity contribution is 0.660. The van der Waals surface area contributed by atoms with Crippen molar-refractivity contribution < 1.29 is 0 Å². The third-order valence-corrected chi connectivity index (χ3v) is 17.7. The SMILES string of the molecule is Cc1cccc(C)c1-c1c2c(cc3c(-c4c(C)cccc4C)c4c(cc13)C(C)(C)c1cc(N(c3ccccc3)c3ccc5ccccc5c3)ccc1-4)C(C)(C)c1cc(N(c3ccccc3)c3ccc4ccccc4c3)ccc1-2. The van der Waals surface area contributed by atoms with Gasteiger partial charge in [0, 0.05) is 45.0 Å². The molecule has 12 aromatic rings. The van der Waals surface area contributed by atoms with E-state index in [1.54, 1.807) is 0 Å². The number of fused-ring (bicyclic) bond motifs is 9. The zero-order valence-electron chi connectivity index (χ0n) is 45.8. The van der Waals surface area contributed by atoms with E-state index < -0.39 is 0 Å². The van der Waals surface area contributed by atoms with Crippen LogP contribution in [0.25, 0.3) is 76.8 Å². The highest BCUT2D eigenvalue weighted by Gasteiger charge is 2.43. The van der Waals surface area contributed by atoms with Gasteiger partial charge >= 0.3 is 0 Å². The van der Waals surface area contributed by atoms with Crippen LogP contribution in [0.15, 0.2) is 231 Å². The van der Waals surface area contributed by atoms with Crippen LogP contribution in [-0.2, 0) is 10.8 Å². The van der Waals surface area contributed by atoms with Gasteiger partial charge in [-0.3, -0.25) is 0 Å². The Morgan fingerprint density at radius 3 is 0.962 bits per heavy atom. The zero-order chi connectivity index (χ0) is 53.2. The first kappa shape index (κ1) is 47.5. The Balaban J connectivity index is 1.03. The second-order valence-electron chi connectivity index (χ2n) is 23.1. The average Bonchev–Trinajstić information content (AvgIpc) is 4.04. The predicted octanol–water partition coefficient (Wildman–Crippen LogP) is 21.3. The number of nitrogens with zero attached hydrogens (tertiary/aromatic N) is 2. The lowest BCUT2D eigenvalue weighted by Gasteiger charge is -2.29. The molecule has 0 amide bonds. The van der Waals surface area contributed by atoms with Crippen LogP contribution in [0.2, 0.25) is 0 Å². The number of anilines is 6. The fraction of sp³-hybridized carbons (Fsp3) is 0.132. The van der Waals surface area contributed by atoms with E-state index in [2.05, 4.69) is 296 Å². The van der Waals surface area contributed by atoms with Crippen molar-refractivity contribution in [1.82, 2.24) is 0 Å². The molecule has 0 atom stereocenters. The number of benzene rings is 12. The monoisotopic (exact) mass is 1000 g/mol. The summed E-state index contributed by atoms with van der Waals surface area (Å²) >= 11 is 0. The van der Waals surface area contributed by atoms with Crippen molar-refractivity contribution in [1.29, 1.82) is 0 Å². The molecule has 2 aliphatic carbocycles. The van der Waals surface area contributed by atoms with Crippen LogP contribution in [0.3, 0.4) is 0 Å². The molecule has 0 aliphatic heterocycles. The van der Waals surface area contributed by atoms with E-state index in [1.165, 1.54) is 121 Å². The maximum atomic E-state index is 2.62. The standard InChI is InChI=1S/C76H62N2/c1-47-21-19-22-48(2)69(47)73-63-45-68-72(62-40-38-60(44-66(62)76(68,7)8)78(56-31-13-10-14-32-56)58-36-34-52-26-16-18-28-54(52)42-58)74(70-49(3)23-20-24-50(70)4)64(63)46-67-71(73)61-39-37-59(43-65(61)75(67,5)6)77(55-29-11-9-12-30-55)57-35-33-51-25-15-17-27-53(51)41-57/h9-46H,1-8H3. The number of aryl methyl sites for hydroxylation is 4. The molecule has 0 bridgehead atoms. The zero-order valence-corrected chi connectivity index (χ0v) is 45.8. The summed E-state index contributed by atoms with van der Waals surface area (Å²) in [5.74, 6) is 0. The third-order valence-electron chi connectivity index (χ3n) is 17.7. The smallest absolute Gasteiger partial charge is 0.0468 e. The highest BCUT2D eigenvalue weighted by molar-refractivity contribution is 6.18. The molecular formula is C76H62N2. The minimum Gasteiger partial charge on any atom is -0.310 e. The molecule has 2 heteroatoms. The summed E-state index contributed by atoms with van der Waals surface area (Å²) in [6.07, 6.45) is 0. The summed E-state index contributed by atoms with van der Waals surface area (Å²) in [4.78, 5) is 4.87. The lowest BCUT2D eigenvalue weighted by atomic mass is 9.75. The Hall–Kier alpha value is -8.98. The molecule has 0 aromatic heterocycles. The topological polar surface area (TPSA) is 6.48 Å². The fourth-order valence-corrected chi connectivity index (χ4v) is 13.8. The highest BCUT2D eigenvalue weighted by atomic mass is 15.1. The van der Waals surface area contributed by atoms with Gasteiger partial charge in [0.05, 0.1) is 0 Å². The van der Waals surface area contributed by atoms with Gasteiger partial charge in [-0.05, 0) is 234 Å². The van der Waals surface area contributed by atoms with Crippen LogP contribution in [0, 0.1) is 27.7 Å². The Kier molecular flexibility index (Phi) is 10.8. The van der Waals surface area contributed by atoms with Crippen molar-refractivity contribution in [3.8, 4) is 44.5 Å². The first-order chi connectivity index (χ1) is 37.9. The second kappa shape index (κ2) is 17.8. The molecule has 0 fully saturated rings. The minimum absolute atomic E-state index is 0.348. The fourth-order valence-electron chi connectivity index (χ4n) is 13.8. The van der Waals surface area contributed by atoms with Crippen LogP contribution in [0.1, 0.15) is 72.2 Å². The van der Waals surface area contributed by atoms with Crippen molar-refractivity contribution >= 4 is 66.4 Å². The summed E-state index contributed by atoms with van der Waals surface area (Å²) in [5, 5.41) is 7.53. The van der Waals surface area contributed by atoms with Gasteiger partial charge in [0.15, 0.2) is 0 Å². The summed E-state index contributed by atoms with van der Waals surface area (Å²) in [7, 11) is 0. The van der Waals surface area contributed by atoms with Gasteiger partial charge in [-0.1, -0.05) is 173 Å². The lowest BCUT2D eigenvalue weighted by Crippen LogP contribution is -2.17. The minimum atomic E-state index is -0.348. The number of hydrogen-bond acceptors (Lipinski definition) is 2. The van der Waals surface area contributed by atoms with Crippen LogP contribution in [-0.4, -0.2) is 0 Å². The van der Waals surface area contributed by atoms with Gasteiger partial charge in [0.2, 0.25) is 0 Å². The van der Waals surface area contributed by atoms with Crippen LogP contribution in [0.5, 0.6) is 0 Å². The summed E-state index contributed by atoms with van der Waals surface area (Å²) < 4.78 is 0. The van der Waals surface area contributed by atoms with Crippen molar-refractivity contribution in [3.05, 3.63) is 275 Å². The number of hydrogen-bond donors (Lipinski definition) is 0. The molecule has 0 heterocycles. The van der Waals surface area contributed by atoms with Gasteiger partial charge in [-0.2, -0.15) is 0 Å². The van der Waals surface area contributed by atoms with Gasteiger partial charge in [-0.15, -0.1) is 0 Å². The van der Waals surface area contributed by atoms with E-state index >= 15 is 0 Å². The van der Waals surface area contributed by atoms with Crippen molar-refractivity contribution in [2.75, 3.05) is 9.80 Å². The van der Waals surface area contributed by atoms with E-state index in [1.807, 2.05) is 0 Å². The normalized spacial score (nSPS) is 13.6. The van der Waals surface area contributed by atoms with Gasteiger partial charge in [0.1, 0.15) is 0 Å². The van der Waals surface area contributed by atoms with E-state index in [4.69, 9.17) is 0 Å². The molecule has 2 aliphatic rings. The Morgan fingerprint density at radius 1 is 0.244 bits per heavy atom. The molecule has 0 unspecified atom stereocenters. The van der Waals surface area contributed by atoms with E-state index in [0.717, 1.165) is 34.1 Å². The molecule has 2 nitrogen and oxygen atoms in total. The summed E-state index contributed by atoms with van der Waals surface area (Å²) in [5.41, 5.74) is 27.3. The van der Waals surface area contributed by atoms with Gasteiger partial charge < -0.3 is 9.80 Å². The molecule has 0 spiro atoms. The van der Waals surface area contributed by atoms with E-state index in [-0.39, 0.29) is 10.8 Å². The van der Waals surface area contributed by atoms with Crippen molar-refractivity contribution in [3.63, 3.8) is 0 Å². The largest absolute Gasteiger partial charge is 0.310 e. The van der Waals surface area contributed by atoms with Gasteiger partial charge in [0.25, 0.3) is 0 Å². The molecule has 376 valence electrons. The van der Waals surface area contributed by atoms with E-state index in [0.29, 0.717) is 0 Å². The Labute approximate surface area is 459 Å². The summed E-state index contributed by atoms with van der Waals surface area (Å²) in [6.45, 7) is 19.1. The first-order valence-electron chi connectivity index (χ1n) is 27.7. The first-order valence-corrected chi connectivity index (χ1v) is 27.7. The van der Waals surface area contributed by atoms with Gasteiger partial charge in [-0.25, -0.2) is 0 Å². The predicted molar refractivity (Wildman–Crippen MR) is 333 cm³/mol. The van der Waals surface area contributed by atoms with Crippen LogP contribution >= 0.6 is 0 Å². The van der Waals surface area contributed by atoms with Crippen molar-refractivity contribution in [2.45, 2.75) is 66.2 Å². The maximum Gasteiger partial charge on any atom is 0.0468 e. The Morgan fingerprint density at radius 2 is 0.577 bits per heavy atom. The molecule has 0 saturated heterocycles. The quantitative estimate of drug-likeness (QED) is 0.150. The van der Waals surface area contributed by atoms with Crippen molar-refractivity contribution in [2.24, 2.45) is 0 Å². The molecule has 78 heavy (non-hydrogen) atoms. The van der Waals surface area contributed by atoms with Crippen LogP contribution in [0.4, 0.5) is 34.1 Å². The average molecular weight is 1000 g/mol. The molecule has 0 N–H and O–H groups in total. The maximum absolute atomic E-state index is 2.62. The molecule has 0 radical (unpaired) electrons. The third kappa shape index (κ3) is 7.23. The number of rotatable bonds is 8. The Bertz CT molecular complexity index is 4100. The number of para-hydroxylation sites is 2. The van der Waals surface area contributed by atoms with Crippen LogP contribution < -0.4 is 9.80 Å². The van der Waals surface area contributed by atoms with E-state index in [9.17, 15) is 0 Å². The summed E-state index contributed by atoms with van der Waals surface area (Å²) in [6, 6.07) is 86.3. The second-order valence-corrected chi connectivity index (χ2v) is 23.1. The molecule has 12 aromatic carbocycles. The highest BCUT2D eigenvalue weighted by Crippen LogP contribution is 2.61. The molecule has 0 saturated carbocycles. The molecular weight excluding hydrogens is 941 g/mol.